The van der Waals surface area contributed by atoms with Gasteiger partial charge in [0, 0.05) is 19.5 Å². The Labute approximate surface area is 106 Å². The second-order valence-electron chi connectivity index (χ2n) is 5.53. The topological polar surface area (TPSA) is 41.1 Å². The molecule has 0 heterocycles. The molecule has 0 radical (unpaired) electrons. The number of carbonyl (C=O) groups is 1. The third-order valence-corrected chi connectivity index (χ3v) is 3.94. The first kappa shape index (κ1) is 14.5. The third-order valence-electron chi connectivity index (χ3n) is 3.94. The van der Waals surface area contributed by atoms with Crippen molar-refractivity contribution in [2.24, 2.45) is 11.8 Å². The summed E-state index contributed by atoms with van der Waals surface area (Å²) in [4.78, 5) is 11.1. The van der Waals surface area contributed by atoms with E-state index in [1.54, 1.807) is 7.05 Å². The molecule has 0 aliphatic heterocycles. The molecule has 3 nitrogen and oxygen atoms in total. The molecule has 1 aliphatic rings. The summed E-state index contributed by atoms with van der Waals surface area (Å²) in [6.45, 7) is 5.63. The summed E-state index contributed by atoms with van der Waals surface area (Å²) in [6, 6.07) is 0.674. The van der Waals surface area contributed by atoms with Gasteiger partial charge < -0.3 is 10.6 Å². The highest BCUT2D eigenvalue weighted by atomic mass is 16.1. The van der Waals surface area contributed by atoms with Gasteiger partial charge >= 0.3 is 0 Å². The van der Waals surface area contributed by atoms with Crippen LogP contribution < -0.4 is 10.6 Å². The normalized spacial score (nSPS) is 24.9. The number of rotatable bonds is 6. The lowest BCUT2D eigenvalue weighted by Gasteiger charge is -2.35. The molecule has 2 unspecified atom stereocenters. The second-order valence-corrected chi connectivity index (χ2v) is 5.53. The highest BCUT2D eigenvalue weighted by Gasteiger charge is 2.26. The Kier molecular flexibility index (Phi) is 6.56. The first-order valence-electron chi connectivity index (χ1n) is 7.09. The van der Waals surface area contributed by atoms with Crippen LogP contribution in [-0.4, -0.2) is 25.5 Å². The molecule has 0 aromatic carbocycles. The van der Waals surface area contributed by atoms with Crippen LogP contribution in [0.4, 0.5) is 0 Å². The smallest absolute Gasteiger partial charge is 0.219 e. The van der Waals surface area contributed by atoms with Gasteiger partial charge in [0.25, 0.3) is 0 Å². The number of carbonyl (C=O) groups excluding carboxylic acids is 1. The first-order valence-corrected chi connectivity index (χ1v) is 7.09. The molecule has 3 heteroatoms. The van der Waals surface area contributed by atoms with Crippen LogP contribution in [0.25, 0.3) is 0 Å². The van der Waals surface area contributed by atoms with Crippen LogP contribution in [0, 0.1) is 11.8 Å². The van der Waals surface area contributed by atoms with Crippen LogP contribution in [0.1, 0.15) is 52.4 Å². The largest absolute Gasteiger partial charge is 0.359 e. The summed E-state index contributed by atoms with van der Waals surface area (Å²) in [7, 11) is 1.70. The molecule has 0 saturated heterocycles. The fourth-order valence-electron chi connectivity index (χ4n) is 2.87. The molecule has 1 aliphatic carbocycles. The molecular formula is C14H28N2O. The van der Waals surface area contributed by atoms with E-state index in [1.807, 2.05) is 0 Å². The van der Waals surface area contributed by atoms with Crippen molar-refractivity contribution in [3.8, 4) is 0 Å². The maximum absolute atomic E-state index is 11.1. The van der Waals surface area contributed by atoms with Crippen LogP contribution >= 0.6 is 0 Å². The SMILES string of the molecule is CNC(=O)CCCNC1CCCCC1C(C)C. The van der Waals surface area contributed by atoms with E-state index in [1.165, 1.54) is 25.7 Å². The first-order chi connectivity index (χ1) is 8.15. The van der Waals surface area contributed by atoms with Crippen molar-refractivity contribution in [2.75, 3.05) is 13.6 Å². The molecule has 1 rings (SSSR count). The van der Waals surface area contributed by atoms with Crippen molar-refractivity contribution in [1.29, 1.82) is 0 Å². The van der Waals surface area contributed by atoms with Crippen molar-refractivity contribution in [3.63, 3.8) is 0 Å². The highest BCUT2D eigenvalue weighted by Crippen LogP contribution is 2.30. The van der Waals surface area contributed by atoms with Crippen LogP contribution in [-0.2, 0) is 4.79 Å². The molecule has 2 atom stereocenters. The minimum absolute atomic E-state index is 0.149. The van der Waals surface area contributed by atoms with E-state index in [2.05, 4.69) is 24.5 Å². The Balaban J connectivity index is 2.21. The highest BCUT2D eigenvalue weighted by molar-refractivity contribution is 5.75. The predicted octanol–water partition coefficient (Wildman–Crippen LogP) is 2.32. The zero-order chi connectivity index (χ0) is 12.7. The average molecular weight is 240 g/mol. The van der Waals surface area contributed by atoms with Crippen LogP contribution in [0.3, 0.4) is 0 Å². The van der Waals surface area contributed by atoms with Gasteiger partial charge in [-0.2, -0.15) is 0 Å². The number of amides is 1. The lowest BCUT2D eigenvalue weighted by Crippen LogP contribution is -2.41. The van der Waals surface area contributed by atoms with E-state index < -0.39 is 0 Å². The molecule has 0 spiro atoms. The molecule has 0 aromatic rings. The van der Waals surface area contributed by atoms with Crippen LogP contribution in [0.2, 0.25) is 0 Å². The van der Waals surface area contributed by atoms with Crippen LogP contribution in [0.5, 0.6) is 0 Å². The Morgan fingerprint density at radius 3 is 2.65 bits per heavy atom. The minimum Gasteiger partial charge on any atom is -0.359 e. The predicted molar refractivity (Wildman–Crippen MR) is 71.9 cm³/mol. The Hall–Kier alpha value is -0.570. The molecule has 1 amide bonds. The molecule has 100 valence electrons. The summed E-state index contributed by atoms with van der Waals surface area (Å²) in [6.07, 6.45) is 7.01. The monoisotopic (exact) mass is 240 g/mol. The second kappa shape index (κ2) is 7.70. The Morgan fingerprint density at radius 2 is 2.00 bits per heavy atom. The van der Waals surface area contributed by atoms with Gasteiger partial charge in [0.2, 0.25) is 5.91 Å². The van der Waals surface area contributed by atoms with Crippen LogP contribution in [0.15, 0.2) is 0 Å². The van der Waals surface area contributed by atoms with Crippen molar-refractivity contribution in [3.05, 3.63) is 0 Å². The number of hydrogen-bond acceptors (Lipinski definition) is 2. The average Bonchev–Trinajstić information content (AvgIpc) is 2.34. The van der Waals surface area contributed by atoms with Crippen molar-refractivity contribution in [2.45, 2.75) is 58.4 Å². The number of hydrogen-bond donors (Lipinski definition) is 2. The Bertz CT molecular complexity index is 228. The van der Waals surface area contributed by atoms with Gasteiger partial charge in [-0.3, -0.25) is 4.79 Å². The maximum Gasteiger partial charge on any atom is 0.219 e. The third kappa shape index (κ3) is 5.07. The van der Waals surface area contributed by atoms with E-state index in [0.29, 0.717) is 12.5 Å². The van der Waals surface area contributed by atoms with Gasteiger partial charge in [-0.1, -0.05) is 26.7 Å². The van der Waals surface area contributed by atoms with Gasteiger partial charge in [0.05, 0.1) is 0 Å². The molecule has 1 saturated carbocycles. The lowest BCUT2D eigenvalue weighted by atomic mass is 9.78. The fourth-order valence-corrected chi connectivity index (χ4v) is 2.87. The zero-order valence-electron chi connectivity index (χ0n) is 11.6. The maximum atomic E-state index is 11.1. The minimum atomic E-state index is 0.149. The molecule has 0 bridgehead atoms. The fraction of sp³-hybridized carbons (Fsp3) is 0.929. The van der Waals surface area contributed by atoms with Gasteiger partial charge in [-0.15, -0.1) is 0 Å². The van der Waals surface area contributed by atoms with E-state index in [9.17, 15) is 4.79 Å². The molecular weight excluding hydrogens is 212 g/mol. The molecule has 1 fully saturated rings. The van der Waals surface area contributed by atoms with E-state index in [4.69, 9.17) is 0 Å². The Morgan fingerprint density at radius 1 is 1.29 bits per heavy atom. The summed E-state index contributed by atoms with van der Waals surface area (Å²) >= 11 is 0. The van der Waals surface area contributed by atoms with Crippen molar-refractivity contribution in [1.82, 2.24) is 10.6 Å². The zero-order valence-corrected chi connectivity index (χ0v) is 11.6. The van der Waals surface area contributed by atoms with E-state index >= 15 is 0 Å². The molecule has 0 aromatic heterocycles. The van der Waals surface area contributed by atoms with Crippen molar-refractivity contribution < 1.29 is 4.79 Å². The van der Waals surface area contributed by atoms with Gasteiger partial charge in [-0.05, 0) is 37.6 Å². The summed E-state index contributed by atoms with van der Waals surface area (Å²) < 4.78 is 0. The van der Waals surface area contributed by atoms with E-state index in [0.717, 1.165) is 24.8 Å². The lowest BCUT2D eigenvalue weighted by molar-refractivity contribution is -0.120. The summed E-state index contributed by atoms with van der Waals surface area (Å²) in [5.74, 6) is 1.74. The van der Waals surface area contributed by atoms with Gasteiger partial charge in [0.15, 0.2) is 0 Å². The van der Waals surface area contributed by atoms with Crippen molar-refractivity contribution >= 4 is 5.91 Å². The molecule has 17 heavy (non-hydrogen) atoms. The standard InChI is InChI=1S/C14H28N2O/c1-11(2)12-7-4-5-8-13(12)16-10-6-9-14(17)15-3/h11-13,16H,4-10H2,1-3H3,(H,15,17). The summed E-state index contributed by atoms with van der Waals surface area (Å²) in [5.41, 5.74) is 0. The van der Waals surface area contributed by atoms with Gasteiger partial charge in [0.1, 0.15) is 0 Å². The molecule has 2 N–H and O–H groups in total. The summed E-state index contributed by atoms with van der Waals surface area (Å²) in [5, 5.41) is 6.32. The van der Waals surface area contributed by atoms with Gasteiger partial charge in [-0.25, -0.2) is 0 Å². The van der Waals surface area contributed by atoms with E-state index in [-0.39, 0.29) is 5.91 Å². The number of nitrogens with one attached hydrogen (secondary N) is 2. The quantitative estimate of drug-likeness (QED) is 0.700.